The van der Waals surface area contributed by atoms with Gasteiger partial charge in [-0.15, -0.1) is 0 Å². The number of aryl methyl sites for hydroxylation is 2. The molecule has 0 unspecified atom stereocenters. The van der Waals surface area contributed by atoms with Gasteiger partial charge in [-0.05, 0) is 79.3 Å². The van der Waals surface area contributed by atoms with E-state index in [9.17, 15) is 4.39 Å². The maximum atomic E-state index is 14.7. The molecule has 3 aromatic carbocycles. The maximum absolute atomic E-state index is 14.7. The molecular formula is C39H47F. The van der Waals surface area contributed by atoms with Gasteiger partial charge in [-0.1, -0.05) is 132 Å². The molecule has 0 saturated heterocycles. The lowest BCUT2D eigenvalue weighted by Gasteiger charge is -2.02. The molecule has 0 bridgehead atoms. The quantitative estimate of drug-likeness (QED) is 0.134. The van der Waals surface area contributed by atoms with Gasteiger partial charge in [0.15, 0.2) is 0 Å². The molecule has 0 aromatic heterocycles. The molecule has 1 heteroatoms. The fourth-order valence-electron chi connectivity index (χ4n) is 4.88. The topological polar surface area (TPSA) is 0 Å². The number of rotatable bonds is 15. The van der Waals surface area contributed by atoms with Gasteiger partial charge in [-0.3, -0.25) is 0 Å². The lowest BCUT2D eigenvalue weighted by atomic mass is 10.0. The Morgan fingerprint density at radius 1 is 0.450 bits per heavy atom. The Morgan fingerprint density at radius 2 is 0.850 bits per heavy atom. The van der Waals surface area contributed by atoms with E-state index in [0.717, 1.165) is 24.0 Å². The number of unbranched alkanes of at least 4 members (excludes halogenated alkanes) is 11. The number of halogens is 1. The largest absolute Gasteiger partial charge is 0.206 e. The molecule has 0 aliphatic heterocycles. The first-order valence-corrected chi connectivity index (χ1v) is 15.7. The molecule has 0 fully saturated rings. The summed E-state index contributed by atoms with van der Waals surface area (Å²) in [4.78, 5) is 0. The summed E-state index contributed by atoms with van der Waals surface area (Å²) in [6.07, 6.45) is 19.4. The molecule has 0 heterocycles. The standard InChI is InChI=1S/C39H47F/c1-3-5-7-9-11-13-15-17-33-18-22-35(23-19-33)26-27-37-29-31-38(39(40)32-37)30-28-36-24-20-34(21-25-36)16-14-12-10-8-6-4-2/h18-25,29,31-32H,3-17H2,1-2H3. The van der Waals surface area contributed by atoms with E-state index in [1.54, 1.807) is 6.07 Å². The third-order valence-electron chi connectivity index (χ3n) is 7.46. The van der Waals surface area contributed by atoms with Crippen LogP contribution in [0.15, 0.2) is 66.7 Å². The van der Waals surface area contributed by atoms with Gasteiger partial charge in [0.05, 0.1) is 5.56 Å². The molecule has 3 rings (SSSR count). The Bertz CT molecular complexity index is 1240. The van der Waals surface area contributed by atoms with Crippen LogP contribution < -0.4 is 0 Å². The van der Waals surface area contributed by atoms with Crippen LogP contribution in [-0.4, -0.2) is 0 Å². The average Bonchev–Trinajstić information content (AvgIpc) is 2.98. The van der Waals surface area contributed by atoms with Crippen LogP contribution in [0.1, 0.15) is 131 Å². The van der Waals surface area contributed by atoms with Crippen LogP contribution in [0, 0.1) is 29.5 Å². The Balaban J connectivity index is 1.46. The van der Waals surface area contributed by atoms with Crippen LogP contribution in [0.25, 0.3) is 0 Å². The summed E-state index contributed by atoms with van der Waals surface area (Å²) in [6.45, 7) is 4.51. The first-order chi connectivity index (χ1) is 19.7. The van der Waals surface area contributed by atoms with E-state index in [1.807, 2.05) is 18.2 Å². The van der Waals surface area contributed by atoms with Crippen molar-refractivity contribution in [3.05, 3.63) is 106 Å². The predicted molar refractivity (Wildman–Crippen MR) is 170 cm³/mol. The minimum atomic E-state index is -0.330. The molecule has 210 valence electrons. The van der Waals surface area contributed by atoms with Gasteiger partial charge in [0.1, 0.15) is 5.82 Å². The Labute approximate surface area is 243 Å². The van der Waals surface area contributed by atoms with Crippen LogP contribution in [0.2, 0.25) is 0 Å². The van der Waals surface area contributed by atoms with Crippen molar-refractivity contribution in [3.63, 3.8) is 0 Å². The van der Waals surface area contributed by atoms with Gasteiger partial charge < -0.3 is 0 Å². The first-order valence-electron chi connectivity index (χ1n) is 15.7. The normalized spacial score (nSPS) is 10.5. The second-order valence-electron chi connectivity index (χ2n) is 11.0. The molecule has 0 N–H and O–H groups in total. The van der Waals surface area contributed by atoms with Crippen molar-refractivity contribution < 1.29 is 4.39 Å². The molecular weight excluding hydrogens is 487 g/mol. The second kappa shape index (κ2) is 18.9. The highest BCUT2D eigenvalue weighted by Gasteiger charge is 2.01. The van der Waals surface area contributed by atoms with E-state index < -0.39 is 0 Å². The van der Waals surface area contributed by atoms with E-state index in [2.05, 4.69) is 73.9 Å². The average molecular weight is 535 g/mol. The molecule has 0 saturated carbocycles. The SMILES string of the molecule is CCCCCCCCCc1ccc(C#Cc2ccc(C#Cc3ccc(CCCCCCCC)cc3)c(F)c2)cc1. The Kier molecular flexibility index (Phi) is 14.8. The summed E-state index contributed by atoms with van der Waals surface area (Å²) in [5.41, 5.74) is 5.63. The highest BCUT2D eigenvalue weighted by atomic mass is 19.1. The summed E-state index contributed by atoms with van der Waals surface area (Å²) >= 11 is 0. The van der Waals surface area contributed by atoms with Gasteiger partial charge in [0, 0.05) is 16.7 Å². The van der Waals surface area contributed by atoms with E-state index in [-0.39, 0.29) is 5.82 Å². The van der Waals surface area contributed by atoms with Crippen molar-refractivity contribution in [1.29, 1.82) is 0 Å². The van der Waals surface area contributed by atoms with Gasteiger partial charge in [-0.2, -0.15) is 0 Å². The molecule has 0 amide bonds. The summed E-state index contributed by atoms with van der Waals surface area (Å²) in [5.74, 6) is 12.0. The monoisotopic (exact) mass is 534 g/mol. The molecule has 0 spiro atoms. The number of hydrogen-bond acceptors (Lipinski definition) is 0. The molecule has 3 aromatic rings. The highest BCUT2D eigenvalue weighted by Crippen LogP contribution is 2.14. The van der Waals surface area contributed by atoms with Crippen molar-refractivity contribution in [1.82, 2.24) is 0 Å². The van der Waals surface area contributed by atoms with Crippen molar-refractivity contribution >= 4 is 0 Å². The lowest BCUT2D eigenvalue weighted by Crippen LogP contribution is -1.88. The summed E-state index contributed by atoms with van der Waals surface area (Å²) in [7, 11) is 0. The van der Waals surface area contributed by atoms with Crippen LogP contribution in [0.3, 0.4) is 0 Å². The van der Waals surface area contributed by atoms with Crippen LogP contribution in [0.4, 0.5) is 4.39 Å². The zero-order chi connectivity index (χ0) is 28.3. The third-order valence-corrected chi connectivity index (χ3v) is 7.46. The minimum Gasteiger partial charge on any atom is -0.206 e. The molecule has 0 atom stereocenters. The minimum absolute atomic E-state index is 0.330. The van der Waals surface area contributed by atoms with Gasteiger partial charge in [0.25, 0.3) is 0 Å². The third kappa shape index (κ3) is 12.3. The van der Waals surface area contributed by atoms with Crippen molar-refractivity contribution in [2.75, 3.05) is 0 Å². The van der Waals surface area contributed by atoms with E-state index in [4.69, 9.17) is 0 Å². The van der Waals surface area contributed by atoms with E-state index in [1.165, 1.54) is 101 Å². The molecule has 0 aliphatic carbocycles. The number of hydrogen-bond donors (Lipinski definition) is 0. The zero-order valence-electron chi connectivity index (χ0n) is 24.8. The lowest BCUT2D eigenvalue weighted by molar-refractivity contribution is 0.589. The predicted octanol–water partition coefficient (Wildman–Crippen LogP) is 10.8. The van der Waals surface area contributed by atoms with Gasteiger partial charge >= 0.3 is 0 Å². The number of benzene rings is 3. The fourth-order valence-corrected chi connectivity index (χ4v) is 4.88. The van der Waals surface area contributed by atoms with Crippen molar-refractivity contribution in [2.45, 2.75) is 110 Å². The van der Waals surface area contributed by atoms with Gasteiger partial charge in [-0.25, -0.2) is 4.39 Å². The second-order valence-corrected chi connectivity index (χ2v) is 11.0. The summed E-state index contributed by atoms with van der Waals surface area (Å²) < 4.78 is 14.7. The van der Waals surface area contributed by atoms with E-state index >= 15 is 0 Å². The van der Waals surface area contributed by atoms with Crippen LogP contribution >= 0.6 is 0 Å². The molecule has 0 nitrogen and oxygen atoms in total. The maximum Gasteiger partial charge on any atom is 0.140 e. The first kappa shape index (κ1) is 31.2. The van der Waals surface area contributed by atoms with Crippen molar-refractivity contribution in [3.8, 4) is 23.7 Å². The Morgan fingerprint density at radius 3 is 1.32 bits per heavy atom. The molecule has 0 aliphatic rings. The van der Waals surface area contributed by atoms with Crippen LogP contribution in [0.5, 0.6) is 0 Å². The van der Waals surface area contributed by atoms with Crippen molar-refractivity contribution in [2.24, 2.45) is 0 Å². The van der Waals surface area contributed by atoms with E-state index in [0.29, 0.717) is 11.1 Å². The summed E-state index contributed by atoms with van der Waals surface area (Å²) in [5, 5.41) is 0. The zero-order valence-corrected chi connectivity index (χ0v) is 24.8. The summed E-state index contributed by atoms with van der Waals surface area (Å²) in [6, 6.07) is 21.9. The molecule has 0 radical (unpaired) electrons. The van der Waals surface area contributed by atoms with Crippen LogP contribution in [-0.2, 0) is 12.8 Å². The highest BCUT2D eigenvalue weighted by molar-refractivity contribution is 5.49. The smallest absolute Gasteiger partial charge is 0.140 e. The molecule has 40 heavy (non-hydrogen) atoms. The van der Waals surface area contributed by atoms with Gasteiger partial charge in [0.2, 0.25) is 0 Å². The Hall–Kier alpha value is -3.29. The fraction of sp³-hybridized carbons (Fsp3) is 0.436.